The standard InChI is InChI=1S/C13H16F2N2O2S/c1-17(12(18)6-7-19-8-11(14)15)10-5-3-2-4-9(10)13(16)20/h2-5,11H,6-8H2,1H3,(H2,16,20). The van der Waals surface area contributed by atoms with Crippen molar-refractivity contribution in [3.8, 4) is 0 Å². The Morgan fingerprint density at radius 2 is 2.10 bits per heavy atom. The number of anilines is 1. The van der Waals surface area contributed by atoms with Gasteiger partial charge in [-0.25, -0.2) is 8.78 Å². The summed E-state index contributed by atoms with van der Waals surface area (Å²) in [6.45, 7) is -0.719. The molecule has 110 valence electrons. The normalized spacial score (nSPS) is 10.6. The molecule has 1 aromatic rings. The van der Waals surface area contributed by atoms with Crippen molar-refractivity contribution in [1.82, 2.24) is 0 Å². The molecule has 0 saturated heterocycles. The molecule has 0 aliphatic heterocycles. The zero-order valence-corrected chi connectivity index (χ0v) is 11.8. The van der Waals surface area contributed by atoms with Crippen LogP contribution in [-0.4, -0.2) is 37.6 Å². The lowest BCUT2D eigenvalue weighted by Crippen LogP contribution is -2.29. The highest BCUT2D eigenvalue weighted by atomic mass is 32.1. The summed E-state index contributed by atoms with van der Waals surface area (Å²) >= 11 is 4.92. The summed E-state index contributed by atoms with van der Waals surface area (Å²) in [6, 6.07) is 6.96. The van der Waals surface area contributed by atoms with Gasteiger partial charge >= 0.3 is 0 Å². The highest BCUT2D eigenvalue weighted by Crippen LogP contribution is 2.19. The summed E-state index contributed by atoms with van der Waals surface area (Å²) in [5.74, 6) is -0.261. The van der Waals surface area contributed by atoms with E-state index in [-0.39, 0.29) is 23.9 Å². The van der Waals surface area contributed by atoms with Crippen LogP contribution in [0.2, 0.25) is 0 Å². The fourth-order valence-corrected chi connectivity index (χ4v) is 1.78. The lowest BCUT2D eigenvalue weighted by Gasteiger charge is -2.20. The van der Waals surface area contributed by atoms with Gasteiger partial charge in [0.2, 0.25) is 5.91 Å². The van der Waals surface area contributed by atoms with Gasteiger partial charge in [-0.3, -0.25) is 4.79 Å². The molecule has 20 heavy (non-hydrogen) atoms. The number of ether oxygens (including phenoxy) is 1. The molecule has 0 fully saturated rings. The average Bonchev–Trinajstić information content (AvgIpc) is 2.42. The van der Waals surface area contributed by atoms with Gasteiger partial charge in [-0.15, -0.1) is 0 Å². The van der Waals surface area contributed by atoms with Crippen LogP contribution in [0.4, 0.5) is 14.5 Å². The number of hydrogen-bond acceptors (Lipinski definition) is 3. The fraction of sp³-hybridized carbons (Fsp3) is 0.385. The molecule has 0 aliphatic rings. The predicted molar refractivity (Wildman–Crippen MR) is 77.2 cm³/mol. The van der Waals surface area contributed by atoms with Crippen molar-refractivity contribution >= 4 is 28.8 Å². The van der Waals surface area contributed by atoms with Gasteiger partial charge in [0.25, 0.3) is 6.43 Å². The second-order valence-corrected chi connectivity index (χ2v) is 4.49. The summed E-state index contributed by atoms with van der Waals surface area (Å²) in [5, 5.41) is 0. The number of halogens is 2. The largest absolute Gasteiger partial charge is 0.389 e. The van der Waals surface area contributed by atoms with Crippen molar-refractivity contribution in [2.24, 2.45) is 5.73 Å². The van der Waals surface area contributed by atoms with Gasteiger partial charge in [-0.2, -0.15) is 0 Å². The highest BCUT2D eigenvalue weighted by molar-refractivity contribution is 7.80. The Kier molecular flexibility index (Phi) is 6.47. The van der Waals surface area contributed by atoms with Crippen LogP contribution in [-0.2, 0) is 9.53 Å². The minimum absolute atomic E-state index is 0.00882. The highest BCUT2D eigenvalue weighted by Gasteiger charge is 2.15. The number of alkyl halides is 2. The third-order valence-corrected chi connectivity index (χ3v) is 2.83. The minimum atomic E-state index is -2.53. The quantitative estimate of drug-likeness (QED) is 0.618. The average molecular weight is 302 g/mol. The van der Waals surface area contributed by atoms with Gasteiger partial charge in [0.05, 0.1) is 18.7 Å². The van der Waals surface area contributed by atoms with E-state index in [0.717, 1.165) is 0 Å². The molecule has 0 bridgehead atoms. The number of rotatable bonds is 7. The molecular weight excluding hydrogens is 286 g/mol. The smallest absolute Gasteiger partial charge is 0.261 e. The van der Waals surface area contributed by atoms with E-state index in [4.69, 9.17) is 18.0 Å². The Bertz CT molecular complexity index is 483. The first-order chi connectivity index (χ1) is 9.43. The summed E-state index contributed by atoms with van der Waals surface area (Å²) in [4.78, 5) is 13.5. The maximum atomic E-state index is 11.9. The SMILES string of the molecule is CN(C(=O)CCOCC(F)F)c1ccccc1C(N)=S. The molecule has 1 amide bonds. The van der Waals surface area contributed by atoms with E-state index in [0.29, 0.717) is 11.3 Å². The molecule has 0 unspecified atom stereocenters. The Labute approximate surface area is 121 Å². The minimum Gasteiger partial charge on any atom is -0.389 e. The van der Waals surface area contributed by atoms with Crippen LogP contribution in [0.3, 0.4) is 0 Å². The number of nitrogens with two attached hydrogens (primary N) is 1. The van der Waals surface area contributed by atoms with E-state index in [2.05, 4.69) is 4.74 Å². The van der Waals surface area contributed by atoms with Gasteiger partial charge in [-0.1, -0.05) is 24.4 Å². The fourth-order valence-electron chi connectivity index (χ4n) is 1.61. The van der Waals surface area contributed by atoms with Crippen LogP contribution in [0.5, 0.6) is 0 Å². The Morgan fingerprint density at radius 1 is 1.45 bits per heavy atom. The monoisotopic (exact) mass is 302 g/mol. The van der Waals surface area contributed by atoms with Gasteiger partial charge in [0.1, 0.15) is 11.6 Å². The molecular formula is C13H16F2N2O2S. The molecule has 0 aliphatic carbocycles. The summed E-state index contributed by atoms with van der Waals surface area (Å²) in [5.41, 5.74) is 6.76. The van der Waals surface area contributed by atoms with Crippen molar-refractivity contribution < 1.29 is 18.3 Å². The van der Waals surface area contributed by atoms with E-state index >= 15 is 0 Å². The van der Waals surface area contributed by atoms with Crippen molar-refractivity contribution in [3.05, 3.63) is 29.8 Å². The van der Waals surface area contributed by atoms with Crippen molar-refractivity contribution in [3.63, 3.8) is 0 Å². The maximum Gasteiger partial charge on any atom is 0.261 e. The molecule has 0 saturated carbocycles. The Balaban J connectivity index is 2.63. The molecule has 7 heteroatoms. The van der Waals surface area contributed by atoms with Gasteiger partial charge < -0.3 is 15.4 Å². The number of nitrogens with zero attached hydrogens (tertiary/aromatic N) is 1. The van der Waals surface area contributed by atoms with Gasteiger partial charge in [-0.05, 0) is 12.1 Å². The molecule has 0 aromatic heterocycles. The number of amides is 1. The first-order valence-electron chi connectivity index (χ1n) is 5.94. The first kappa shape index (κ1) is 16.5. The van der Waals surface area contributed by atoms with E-state index in [1.54, 1.807) is 31.3 Å². The van der Waals surface area contributed by atoms with Crippen LogP contribution in [0.15, 0.2) is 24.3 Å². The molecule has 1 aromatic carbocycles. The molecule has 2 N–H and O–H groups in total. The number of carbonyl (C=O) groups excluding carboxylic acids is 1. The van der Waals surface area contributed by atoms with Crippen LogP contribution < -0.4 is 10.6 Å². The van der Waals surface area contributed by atoms with Crippen molar-refractivity contribution in [2.45, 2.75) is 12.8 Å². The van der Waals surface area contributed by atoms with Crippen LogP contribution in [0, 0.1) is 0 Å². The van der Waals surface area contributed by atoms with Gasteiger partial charge in [0.15, 0.2) is 0 Å². The summed E-state index contributed by atoms with van der Waals surface area (Å²) in [6.07, 6.45) is -2.52. The van der Waals surface area contributed by atoms with Crippen LogP contribution in [0.25, 0.3) is 0 Å². The molecule has 1 rings (SSSR count). The molecule has 0 atom stereocenters. The van der Waals surface area contributed by atoms with Gasteiger partial charge in [0, 0.05) is 12.6 Å². The predicted octanol–water partition coefficient (Wildman–Crippen LogP) is 1.96. The molecule has 0 spiro atoms. The van der Waals surface area contributed by atoms with Crippen LogP contribution in [0.1, 0.15) is 12.0 Å². The van der Waals surface area contributed by atoms with E-state index in [9.17, 15) is 13.6 Å². The molecule has 4 nitrogen and oxygen atoms in total. The summed E-state index contributed by atoms with van der Waals surface area (Å²) in [7, 11) is 1.58. The first-order valence-corrected chi connectivity index (χ1v) is 6.35. The number of carbonyl (C=O) groups is 1. The Morgan fingerprint density at radius 3 is 2.70 bits per heavy atom. The maximum absolute atomic E-state index is 11.9. The number of hydrogen-bond donors (Lipinski definition) is 1. The number of benzene rings is 1. The molecule has 0 heterocycles. The second-order valence-electron chi connectivity index (χ2n) is 4.05. The molecule has 0 radical (unpaired) electrons. The lowest BCUT2D eigenvalue weighted by atomic mass is 10.1. The van der Waals surface area contributed by atoms with E-state index in [1.807, 2.05) is 0 Å². The number of thiocarbonyl (C=S) groups is 1. The zero-order chi connectivity index (χ0) is 15.1. The topological polar surface area (TPSA) is 55.6 Å². The van der Waals surface area contributed by atoms with E-state index in [1.165, 1.54) is 4.90 Å². The number of para-hydroxylation sites is 1. The second kappa shape index (κ2) is 7.86. The van der Waals surface area contributed by atoms with Crippen LogP contribution >= 0.6 is 12.2 Å². The lowest BCUT2D eigenvalue weighted by molar-refractivity contribution is -0.119. The van der Waals surface area contributed by atoms with Crippen molar-refractivity contribution in [2.75, 3.05) is 25.2 Å². The third-order valence-electron chi connectivity index (χ3n) is 2.61. The summed E-state index contributed by atoms with van der Waals surface area (Å²) < 4.78 is 28.4. The Hall–Kier alpha value is -1.60. The third kappa shape index (κ3) is 4.82. The van der Waals surface area contributed by atoms with Crippen molar-refractivity contribution in [1.29, 1.82) is 0 Å². The zero-order valence-electron chi connectivity index (χ0n) is 11.0. The van der Waals surface area contributed by atoms with E-state index < -0.39 is 13.0 Å².